The average Bonchev–Trinajstić information content (AvgIpc) is 3.45. The van der Waals surface area contributed by atoms with Crippen LogP contribution in [0.3, 0.4) is 0 Å². The fourth-order valence-corrected chi connectivity index (χ4v) is 5.47. The molecule has 2 aromatic carbocycles. The van der Waals surface area contributed by atoms with Gasteiger partial charge in [0.15, 0.2) is 0 Å². The maximum atomic E-state index is 14.2. The molecule has 0 spiro atoms. The van der Waals surface area contributed by atoms with E-state index in [0.29, 0.717) is 36.8 Å². The lowest BCUT2D eigenvalue weighted by Crippen LogP contribution is -2.30. The van der Waals surface area contributed by atoms with Gasteiger partial charge in [-0.2, -0.15) is 0 Å². The zero-order valence-corrected chi connectivity index (χ0v) is 24.4. The molecule has 2 aromatic heterocycles. The number of rotatable bonds is 10. The Morgan fingerprint density at radius 1 is 1.05 bits per heavy atom. The van der Waals surface area contributed by atoms with Crippen molar-refractivity contribution in [3.8, 4) is 28.3 Å². The number of hydrogen-bond donors (Lipinski definition) is 2. The predicted octanol–water partition coefficient (Wildman–Crippen LogP) is 5.98. The standard InChI is InChI=1S/C31H35FN4O4S/c1-31(2,3)19-40-30(37)34-11-12-38-13-14-39-26-17-23(32)6-7-24(26)28-29-25(9-15-41-29)27(35-36-28)21-4-5-22-18-33-10-8-20(22)16-21/h4-7,9,15-17,33H,8,10-14,18-19H2,1-3H3,(H,34,37). The van der Waals surface area contributed by atoms with Crippen LogP contribution in [-0.2, 0) is 22.4 Å². The van der Waals surface area contributed by atoms with Crippen molar-refractivity contribution in [2.45, 2.75) is 33.7 Å². The second kappa shape index (κ2) is 12.9. The first-order valence-corrected chi connectivity index (χ1v) is 14.6. The van der Waals surface area contributed by atoms with Gasteiger partial charge < -0.3 is 24.8 Å². The molecule has 0 unspecified atom stereocenters. The van der Waals surface area contributed by atoms with Crippen molar-refractivity contribution < 1.29 is 23.4 Å². The Balaban J connectivity index is 1.23. The Morgan fingerprint density at radius 2 is 1.90 bits per heavy atom. The molecular weight excluding hydrogens is 543 g/mol. The van der Waals surface area contributed by atoms with Crippen LogP contribution in [0.15, 0.2) is 47.8 Å². The zero-order chi connectivity index (χ0) is 28.8. The number of halogens is 1. The van der Waals surface area contributed by atoms with E-state index < -0.39 is 11.9 Å². The quantitative estimate of drug-likeness (QED) is 0.224. The number of fused-ring (bicyclic) bond motifs is 2. The topological polar surface area (TPSA) is 94.6 Å². The summed E-state index contributed by atoms with van der Waals surface area (Å²) in [7, 11) is 0. The summed E-state index contributed by atoms with van der Waals surface area (Å²) in [5.74, 6) is -0.0336. The highest BCUT2D eigenvalue weighted by molar-refractivity contribution is 7.17. The molecule has 41 heavy (non-hydrogen) atoms. The average molecular weight is 579 g/mol. The Morgan fingerprint density at radius 3 is 2.76 bits per heavy atom. The molecule has 1 aliphatic heterocycles. The van der Waals surface area contributed by atoms with Gasteiger partial charge >= 0.3 is 6.09 Å². The van der Waals surface area contributed by atoms with Gasteiger partial charge in [-0.15, -0.1) is 21.5 Å². The molecule has 0 bridgehead atoms. The van der Waals surface area contributed by atoms with Crippen molar-refractivity contribution in [2.24, 2.45) is 5.41 Å². The lowest BCUT2D eigenvalue weighted by Gasteiger charge is -2.18. The van der Waals surface area contributed by atoms with Crippen molar-refractivity contribution in [2.75, 3.05) is 39.5 Å². The molecule has 5 rings (SSSR count). The van der Waals surface area contributed by atoms with E-state index in [1.165, 1.54) is 23.3 Å². The summed E-state index contributed by atoms with van der Waals surface area (Å²) >= 11 is 1.57. The summed E-state index contributed by atoms with van der Waals surface area (Å²) in [6.45, 7) is 9.24. The van der Waals surface area contributed by atoms with Gasteiger partial charge in [-0.3, -0.25) is 0 Å². The third-order valence-electron chi connectivity index (χ3n) is 6.59. The fourth-order valence-electron chi connectivity index (χ4n) is 4.57. The number of alkyl carbamates (subject to hydrolysis) is 1. The number of benzene rings is 2. The summed E-state index contributed by atoms with van der Waals surface area (Å²) in [6, 6.07) is 13.0. The van der Waals surface area contributed by atoms with E-state index in [1.54, 1.807) is 17.4 Å². The summed E-state index contributed by atoms with van der Waals surface area (Å²) < 4.78 is 31.9. The molecule has 4 aromatic rings. The molecule has 0 saturated carbocycles. The minimum atomic E-state index is -0.472. The van der Waals surface area contributed by atoms with Crippen LogP contribution in [0.4, 0.5) is 9.18 Å². The number of nitrogens with one attached hydrogen (secondary N) is 2. The second-order valence-corrected chi connectivity index (χ2v) is 12.1. The number of aromatic nitrogens is 2. The molecule has 0 fully saturated rings. The van der Waals surface area contributed by atoms with Crippen LogP contribution in [0.5, 0.6) is 5.75 Å². The molecular formula is C31H35FN4O4S. The molecule has 8 nitrogen and oxygen atoms in total. The van der Waals surface area contributed by atoms with Crippen molar-refractivity contribution in [1.29, 1.82) is 0 Å². The maximum absolute atomic E-state index is 14.2. The van der Waals surface area contributed by atoms with E-state index in [0.717, 1.165) is 40.9 Å². The van der Waals surface area contributed by atoms with E-state index in [-0.39, 0.29) is 18.6 Å². The first kappa shape index (κ1) is 28.9. The lowest BCUT2D eigenvalue weighted by atomic mass is 9.96. The molecule has 0 saturated heterocycles. The van der Waals surface area contributed by atoms with Gasteiger partial charge in [0.2, 0.25) is 0 Å². The maximum Gasteiger partial charge on any atom is 0.407 e. The Kier molecular flexibility index (Phi) is 9.12. The van der Waals surface area contributed by atoms with Crippen LogP contribution >= 0.6 is 11.3 Å². The SMILES string of the molecule is CC(C)(C)COC(=O)NCCOCCOc1cc(F)ccc1-c1nnc(-c2ccc3c(c2)CCNC3)c2ccsc12. The fraction of sp³-hybridized carbons (Fsp3) is 0.387. The Hall–Kier alpha value is -3.60. The van der Waals surface area contributed by atoms with Crippen molar-refractivity contribution >= 4 is 27.5 Å². The molecule has 0 radical (unpaired) electrons. The normalized spacial score (nSPS) is 13.2. The van der Waals surface area contributed by atoms with Crippen molar-refractivity contribution in [3.05, 3.63) is 64.8 Å². The summed E-state index contributed by atoms with van der Waals surface area (Å²) in [5.41, 5.74) is 5.75. The minimum Gasteiger partial charge on any atom is -0.490 e. The number of hydrogen-bond acceptors (Lipinski definition) is 8. The van der Waals surface area contributed by atoms with E-state index in [4.69, 9.17) is 14.2 Å². The van der Waals surface area contributed by atoms with Crippen LogP contribution in [0.2, 0.25) is 0 Å². The largest absolute Gasteiger partial charge is 0.490 e. The van der Waals surface area contributed by atoms with Crippen molar-refractivity contribution in [3.63, 3.8) is 0 Å². The summed E-state index contributed by atoms with van der Waals surface area (Å²) in [5, 5.41) is 18.3. The highest BCUT2D eigenvalue weighted by atomic mass is 32.1. The first-order valence-electron chi connectivity index (χ1n) is 13.8. The van der Waals surface area contributed by atoms with Gasteiger partial charge in [-0.1, -0.05) is 32.9 Å². The summed E-state index contributed by atoms with van der Waals surface area (Å²) in [4.78, 5) is 11.7. The zero-order valence-electron chi connectivity index (χ0n) is 23.6. The summed E-state index contributed by atoms with van der Waals surface area (Å²) in [6.07, 6.45) is 0.516. The number of nitrogens with zero attached hydrogens (tertiary/aromatic N) is 2. The molecule has 10 heteroatoms. The number of amides is 1. The number of carbonyl (C=O) groups is 1. The molecule has 3 heterocycles. The predicted molar refractivity (Wildman–Crippen MR) is 159 cm³/mol. The second-order valence-electron chi connectivity index (χ2n) is 11.1. The smallest absolute Gasteiger partial charge is 0.407 e. The van der Waals surface area contributed by atoms with Crippen LogP contribution in [0.1, 0.15) is 31.9 Å². The number of thiophene rings is 1. The van der Waals surface area contributed by atoms with E-state index in [1.807, 2.05) is 26.2 Å². The van der Waals surface area contributed by atoms with Gasteiger partial charge in [0.25, 0.3) is 0 Å². The highest BCUT2D eigenvalue weighted by Crippen LogP contribution is 2.39. The van der Waals surface area contributed by atoms with Gasteiger partial charge in [-0.25, -0.2) is 9.18 Å². The van der Waals surface area contributed by atoms with E-state index >= 15 is 0 Å². The molecule has 0 aliphatic carbocycles. The first-order chi connectivity index (χ1) is 19.8. The van der Waals surface area contributed by atoms with Crippen LogP contribution in [-0.4, -0.2) is 55.8 Å². The van der Waals surface area contributed by atoms with Crippen molar-refractivity contribution in [1.82, 2.24) is 20.8 Å². The van der Waals surface area contributed by atoms with Gasteiger partial charge in [0, 0.05) is 35.7 Å². The molecule has 0 atom stereocenters. The minimum absolute atomic E-state index is 0.0939. The number of ether oxygens (including phenoxy) is 3. The van der Waals surface area contributed by atoms with Crippen LogP contribution in [0, 0.1) is 11.2 Å². The Bertz CT molecular complexity index is 1520. The van der Waals surface area contributed by atoms with Gasteiger partial charge in [-0.05, 0) is 59.2 Å². The van der Waals surface area contributed by atoms with E-state index in [9.17, 15) is 9.18 Å². The molecule has 1 aliphatic rings. The van der Waals surface area contributed by atoms with Crippen LogP contribution in [0.25, 0.3) is 32.6 Å². The Labute approximate surface area is 243 Å². The van der Waals surface area contributed by atoms with Gasteiger partial charge in [0.1, 0.15) is 29.6 Å². The monoisotopic (exact) mass is 578 g/mol. The third kappa shape index (κ3) is 7.38. The van der Waals surface area contributed by atoms with Crippen LogP contribution < -0.4 is 15.4 Å². The third-order valence-corrected chi connectivity index (χ3v) is 7.51. The highest BCUT2D eigenvalue weighted by Gasteiger charge is 2.19. The van der Waals surface area contributed by atoms with Gasteiger partial charge in [0.05, 0.1) is 24.5 Å². The van der Waals surface area contributed by atoms with E-state index in [2.05, 4.69) is 45.1 Å². The molecule has 216 valence electrons. The lowest BCUT2D eigenvalue weighted by molar-refractivity contribution is 0.0889. The number of carbonyl (C=O) groups excluding carboxylic acids is 1. The molecule has 1 amide bonds. The molecule has 2 N–H and O–H groups in total.